The number of aryl methyl sites for hydroxylation is 1. The van der Waals surface area contributed by atoms with Crippen LogP contribution in [0.1, 0.15) is 48.4 Å². The van der Waals surface area contributed by atoms with Crippen LogP contribution in [0.5, 0.6) is 0 Å². The van der Waals surface area contributed by atoms with Gasteiger partial charge in [-0.1, -0.05) is 38.0 Å². The van der Waals surface area contributed by atoms with E-state index in [1.54, 1.807) is 6.07 Å². The van der Waals surface area contributed by atoms with Crippen molar-refractivity contribution in [1.82, 2.24) is 0 Å². The van der Waals surface area contributed by atoms with Gasteiger partial charge in [-0.3, -0.25) is 0 Å². The SMILES string of the molecule is CCCCCc1cc(F)c(C2=CCc3cc(-c4ccc(F)cc4)c(F)cc3C2)c(F)c1. The van der Waals surface area contributed by atoms with Gasteiger partial charge in [-0.15, -0.1) is 0 Å². The van der Waals surface area contributed by atoms with Gasteiger partial charge in [-0.2, -0.15) is 0 Å². The van der Waals surface area contributed by atoms with Crippen molar-refractivity contribution in [3.05, 3.63) is 100 Å². The van der Waals surface area contributed by atoms with E-state index in [0.717, 1.165) is 24.8 Å². The topological polar surface area (TPSA) is 0 Å². The molecule has 0 N–H and O–H groups in total. The van der Waals surface area contributed by atoms with Crippen molar-refractivity contribution < 1.29 is 17.6 Å². The predicted molar refractivity (Wildman–Crippen MR) is 117 cm³/mol. The van der Waals surface area contributed by atoms with Crippen LogP contribution in [0.3, 0.4) is 0 Å². The van der Waals surface area contributed by atoms with Gasteiger partial charge in [0.15, 0.2) is 0 Å². The van der Waals surface area contributed by atoms with Crippen LogP contribution in [-0.2, 0) is 19.3 Å². The summed E-state index contributed by atoms with van der Waals surface area (Å²) in [5.41, 5.74) is 3.79. The summed E-state index contributed by atoms with van der Waals surface area (Å²) in [6.45, 7) is 2.09. The lowest BCUT2D eigenvalue weighted by atomic mass is 9.85. The van der Waals surface area contributed by atoms with Crippen LogP contribution in [0.4, 0.5) is 17.6 Å². The van der Waals surface area contributed by atoms with Crippen molar-refractivity contribution >= 4 is 5.57 Å². The molecule has 3 aromatic rings. The van der Waals surface area contributed by atoms with Crippen LogP contribution in [0.25, 0.3) is 16.7 Å². The summed E-state index contributed by atoms with van der Waals surface area (Å²) in [5.74, 6) is -1.94. The highest BCUT2D eigenvalue weighted by atomic mass is 19.1. The van der Waals surface area contributed by atoms with Gasteiger partial charge < -0.3 is 0 Å². The minimum absolute atomic E-state index is 0.0205. The number of rotatable bonds is 6. The van der Waals surface area contributed by atoms with Crippen molar-refractivity contribution in [2.45, 2.75) is 45.4 Å². The molecule has 0 atom stereocenters. The van der Waals surface area contributed by atoms with E-state index in [0.29, 0.717) is 40.7 Å². The zero-order chi connectivity index (χ0) is 22.0. The zero-order valence-corrected chi connectivity index (χ0v) is 17.5. The van der Waals surface area contributed by atoms with E-state index >= 15 is 0 Å². The van der Waals surface area contributed by atoms with E-state index in [1.165, 1.54) is 42.5 Å². The minimum atomic E-state index is -0.565. The fourth-order valence-electron chi connectivity index (χ4n) is 4.22. The Kier molecular flexibility index (Phi) is 6.26. The fraction of sp³-hybridized carbons (Fsp3) is 0.259. The molecule has 0 heterocycles. The van der Waals surface area contributed by atoms with Gasteiger partial charge >= 0.3 is 0 Å². The van der Waals surface area contributed by atoms with Gasteiger partial charge in [0.05, 0.1) is 0 Å². The largest absolute Gasteiger partial charge is 0.207 e. The molecular formula is C27H24F4. The minimum Gasteiger partial charge on any atom is -0.207 e. The molecule has 0 spiro atoms. The standard InChI is InChI=1S/C27H24F4/c1-2-3-4-5-17-12-25(30)27(26(31)13-17)20-7-6-19-15-23(24(29)16-21(19)14-20)18-8-10-22(28)11-9-18/h7-13,15-16H,2-6,14H2,1H3. The second-order valence-electron chi connectivity index (χ2n) is 8.11. The maximum absolute atomic E-state index is 14.8. The molecule has 0 fully saturated rings. The molecule has 4 rings (SSSR count). The second kappa shape index (κ2) is 9.09. The third kappa shape index (κ3) is 4.58. The second-order valence-corrected chi connectivity index (χ2v) is 8.11. The predicted octanol–water partition coefficient (Wildman–Crippen LogP) is 7.82. The van der Waals surface area contributed by atoms with Crippen LogP contribution in [0, 0.1) is 23.3 Å². The molecule has 3 aromatic carbocycles. The number of halogens is 4. The Morgan fingerprint density at radius 2 is 1.48 bits per heavy atom. The number of benzene rings is 3. The average Bonchev–Trinajstić information content (AvgIpc) is 2.74. The lowest BCUT2D eigenvalue weighted by molar-refractivity contribution is 0.570. The molecule has 0 saturated carbocycles. The summed E-state index contributed by atoms with van der Waals surface area (Å²) in [6, 6.07) is 11.7. The maximum Gasteiger partial charge on any atom is 0.133 e. The molecule has 1 aliphatic rings. The van der Waals surface area contributed by atoms with Crippen LogP contribution < -0.4 is 0 Å². The van der Waals surface area contributed by atoms with E-state index in [1.807, 2.05) is 6.08 Å². The number of hydrogen-bond donors (Lipinski definition) is 0. The Morgan fingerprint density at radius 1 is 0.774 bits per heavy atom. The molecule has 0 radical (unpaired) electrons. The zero-order valence-electron chi connectivity index (χ0n) is 17.5. The number of allylic oxidation sites excluding steroid dienone is 2. The lowest BCUT2D eigenvalue weighted by Gasteiger charge is -2.20. The molecule has 0 bridgehead atoms. The summed E-state index contributed by atoms with van der Waals surface area (Å²) < 4.78 is 57.6. The maximum atomic E-state index is 14.8. The van der Waals surface area contributed by atoms with Gasteiger partial charge in [-0.25, -0.2) is 17.6 Å². The Labute approximate surface area is 180 Å². The van der Waals surface area contributed by atoms with Gasteiger partial charge in [0, 0.05) is 11.1 Å². The molecule has 31 heavy (non-hydrogen) atoms. The highest BCUT2D eigenvalue weighted by Gasteiger charge is 2.21. The third-order valence-electron chi connectivity index (χ3n) is 5.89. The van der Waals surface area contributed by atoms with Crippen molar-refractivity contribution in [2.75, 3.05) is 0 Å². The molecule has 1 aliphatic carbocycles. The third-order valence-corrected chi connectivity index (χ3v) is 5.89. The van der Waals surface area contributed by atoms with Gasteiger partial charge in [0.1, 0.15) is 23.3 Å². The summed E-state index contributed by atoms with van der Waals surface area (Å²) in [5, 5.41) is 0. The van der Waals surface area contributed by atoms with E-state index in [4.69, 9.17) is 0 Å². The molecule has 0 saturated heterocycles. The molecular weight excluding hydrogens is 400 g/mol. The number of fused-ring (bicyclic) bond motifs is 1. The summed E-state index contributed by atoms with van der Waals surface area (Å²) >= 11 is 0. The molecule has 0 aliphatic heterocycles. The molecule has 4 heteroatoms. The fourth-order valence-corrected chi connectivity index (χ4v) is 4.22. The molecule has 160 valence electrons. The molecule has 0 unspecified atom stereocenters. The summed E-state index contributed by atoms with van der Waals surface area (Å²) in [6.07, 6.45) is 6.16. The van der Waals surface area contributed by atoms with Crippen LogP contribution in [-0.4, -0.2) is 0 Å². The number of hydrogen-bond acceptors (Lipinski definition) is 0. The van der Waals surface area contributed by atoms with Crippen LogP contribution in [0.2, 0.25) is 0 Å². The van der Waals surface area contributed by atoms with E-state index in [-0.39, 0.29) is 17.8 Å². The monoisotopic (exact) mass is 424 g/mol. The molecule has 0 nitrogen and oxygen atoms in total. The Bertz CT molecular complexity index is 1100. The first-order valence-corrected chi connectivity index (χ1v) is 10.7. The van der Waals surface area contributed by atoms with Gasteiger partial charge in [0.25, 0.3) is 0 Å². The van der Waals surface area contributed by atoms with Crippen molar-refractivity contribution in [2.24, 2.45) is 0 Å². The lowest BCUT2D eigenvalue weighted by Crippen LogP contribution is -2.08. The quantitative estimate of drug-likeness (QED) is 0.279. The van der Waals surface area contributed by atoms with Crippen molar-refractivity contribution in [1.29, 1.82) is 0 Å². The van der Waals surface area contributed by atoms with Crippen molar-refractivity contribution in [3.63, 3.8) is 0 Å². The highest BCUT2D eigenvalue weighted by Crippen LogP contribution is 2.35. The molecule has 0 amide bonds. The van der Waals surface area contributed by atoms with E-state index in [9.17, 15) is 17.6 Å². The van der Waals surface area contributed by atoms with Crippen molar-refractivity contribution in [3.8, 4) is 11.1 Å². The van der Waals surface area contributed by atoms with Gasteiger partial charge in [-0.05, 0) is 89.9 Å². The molecule has 0 aromatic heterocycles. The van der Waals surface area contributed by atoms with E-state index in [2.05, 4.69) is 6.92 Å². The normalized spacial score (nSPS) is 13.1. The first kappa shape index (κ1) is 21.4. The first-order valence-electron chi connectivity index (χ1n) is 10.7. The Balaban J connectivity index is 1.61. The Hall–Kier alpha value is -2.88. The van der Waals surface area contributed by atoms with Gasteiger partial charge in [0.2, 0.25) is 0 Å². The first-order chi connectivity index (χ1) is 15.0. The van der Waals surface area contributed by atoms with E-state index < -0.39 is 17.5 Å². The van der Waals surface area contributed by atoms with Crippen LogP contribution >= 0.6 is 0 Å². The van der Waals surface area contributed by atoms with Crippen LogP contribution in [0.15, 0.2) is 54.6 Å². The average molecular weight is 424 g/mol. The summed E-state index contributed by atoms with van der Waals surface area (Å²) in [4.78, 5) is 0. The summed E-state index contributed by atoms with van der Waals surface area (Å²) in [7, 11) is 0. The highest BCUT2D eigenvalue weighted by molar-refractivity contribution is 5.74. The smallest absolute Gasteiger partial charge is 0.133 e. The number of unbranched alkanes of at least 4 members (excludes halogenated alkanes) is 2. The Morgan fingerprint density at radius 3 is 2.16 bits per heavy atom.